The minimum absolute atomic E-state index is 0.284. The normalized spacial score (nSPS) is 12.4. The predicted octanol–water partition coefficient (Wildman–Crippen LogP) is 10.1. The number of unbranched alkanes of at least 4 members (excludes halogenated alkanes) is 16. The third-order valence-corrected chi connectivity index (χ3v) is 9.02. The van der Waals surface area contributed by atoms with Crippen LogP contribution in [-0.4, -0.2) is 65.0 Å². The number of aliphatic carboxylic acids is 2. The quantitative estimate of drug-likeness (QED) is 0.0151. The summed E-state index contributed by atoms with van der Waals surface area (Å²) in [6.45, 7) is 3.91. The molecule has 0 saturated heterocycles. The molecule has 2 atom stereocenters. The number of esters is 4. The van der Waals surface area contributed by atoms with Gasteiger partial charge in [-0.2, -0.15) is 0 Å². The fourth-order valence-corrected chi connectivity index (χ4v) is 5.91. The largest absolute Gasteiger partial charge is 0.481 e. The maximum Gasteiger partial charge on any atom is 0.317 e. The van der Waals surface area contributed by atoms with Crippen molar-refractivity contribution < 1.29 is 57.9 Å². The van der Waals surface area contributed by atoms with Gasteiger partial charge in [0.15, 0.2) is 0 Å². The van der Waals surface area contributed by atoms with Gasteiger partial charge in [-0.25, -0.2) is 0 Å². The monoisotopic (exact) mass is 781 g/mol. The molecule has 0 fully saturated rings. The summed E-state index contributed by atoms with van der Waals surface area (Å²) in [4.78, 5) is 69.1. The maximum atomic E-state index is 12.0. The second-order valence-electron chi connectivity index (χ2n) is 14.2. The molecule has 0 radical (unpaired) electrons. The van der Waals surface area contributed by atoms with Crippen LogP contribution in [0, 0.1) is 0 Å². The first-order valence-electron chi connectivity index (χ1n) is 21.0. The summed E-state index contributed by atoms with van der Waals surface area (Å²) in [6, 6.07) is 0. The van der Waals surface area contributed by atoms with Gasteiger partial charge in [0.2, 0.25) is 6.79 Å². The first kappa shape index (κ1) is 51.3. The number of hydrogen-bond donors (Lipinski definition) is 2. The Kier molecular flexibility index (Phi) is 34.7. The smallest absolute Gasteiger partial charge is 0.317 e. The lowest BCUT2D eigenvalue weighted by molar-refractivity contribution is -0.167. The van der Waals surface area contributed by atoms with Crippen LogP contribution in [0.4, 0.5) is 0 Å². The van der Waals surface area contributed by atoms with Crippen molar-refractivity contribution >= 4 is 35.8 Å². The van der Waals surface area contributed by atoms with Crippen molar-refractivity contribution in [3.8, 4) is 0 Å². The minimum Gasteiger partial charge on any atom is -0.481 e. The summed E-state index contributed by atoms with van der Waals surface area (Å²) >= 11 is 0. The average molecular weight is 781 g/mol. The van der Waals surface area contributed by atoms with Crippen molar-refractivity contribution in [3.05, 3.63) is 24.3 Å². The van der Waals surface area contributed by atoms with Crippen molar-refractivity contribution in [2.24, 2.45) is 0 Å². The van der Waals surface area contributed by atoms with Crippen molar-refractivity contribution in [3.63, 3.8) is 0 Å². The number of carboxylic acid groups (broad SMARTS) is 2. The molecule has 0 saturated carbocycles. The van der Waals surface area contributed by atoms with E-state index >= 15 is 0 Å². The Labute approximate surface area is 330 Å². The van der Waals surface area contributed by atoms with Crippen LogP contribution in [0.2, 0.25) is 0 Å². The van der Waals surface area contributed by atoms with Gasteiger partial charge in [0.25, 0.3) is 0 Å². The Bertz CT molecular complexity index is 1020. The van der Waals surface area contributed by atoms with Crippen LogP contribution in [-0.2, 0) is 47.7 Å². The molecular formula is C43H72O12. The van der Waals surface area contributed by atoms with E-state index in [0.29, 0.717) is 25.7 Å². The van der Waals surface area contributed by atoms with E-state index in [1.54, 1.807) is 0 Å². The molecule has 0 aliphatic heterocycles. The zero-order chi connectivity index (χ0) is 40.8. The predicted molar refractivity (Wildman–Crippen MR) is 211 cm³/mol. The topological polar surface area (TPSA) is 180 Å². The highest BCUT2D eigenvalue weighted by Crippen LogP contribution is 2.16. The average Bonchev–Trinajstić information content (AvgIpc) is 3.12. The molecule has 0 aliphatic carbocycles. The highest BCUT2D eigenvalue weighted by Gasteiger charge is 2.17. The molecule has 0 aromatic carbocycles. The second kappa shape index (κ2) is 37.2. The van der Waals surface area contributed by atoms with Gasteiger partial charge in [0.1, 0.15) is 25.0 Å². The molecule has 0 aromatic rings. The van der Waals surface area contributed by atoms with Crippen LogP contribution >= 0.6 is 0 Å². The van der Waals surface area contributed by atoms with Crippen LogP contribution in [0.1, 0.15) is 194 Å². The van der Waals surface area contributed by atoms with Crippen molar-refractivity contribution in [2.75, 3.05) is 6.79 Å². The summed E-state index contributed by atoms with van der Waals surface area (Å²) in [6.07, 6.45) is 29.2. The van der Waals surface area contributed by atoms with Gasteiger partial charge in [-0.3, -0.25) is 28.8 Å². The van der Waals surface area contributed by atoms with Gasteiger partial charge >= 0.3 is 35.8 Å². The van der Waals surface area contributed by atoms with Crippen LogP contribution < -0.4 is 0 Å². The first-order valence-corrected chi connectivity index (χ1v) is 21.0. The second-order valence-corrected chi connectivity index (χ2v) is 14.2. The molecule has 55 heavy (non-hydrogen) atoms. The summed E-state index contributed by atoms with van der Waals surface area (Å²) in [5, 5.41) is 17.6. The van der Waals surface area contributed by atoms with Crippen molar-refractivity contribution in [1.82, 2.24) is 0 Å². The van der Waals surface area contributed by atoms with Crippen LogP contribution in [0.5, 0.6) is 0 Å². The maximum absolute atomic E-state index is 12.0. The van der Waals surface area contributed by atoms with E-state index in [-0.39, 0.29) is 43.8 Å². The van der Waals surface area contributed by atoms with Crippen molar-refractivity contribution in [1.29, 1.82) is 0 Å². The third kappa shape index (κ3) is 37.0. The summed E-state index contributed by atoms with van der Waals surface area (Å²) in [7, 11) is 0. The van der Waals surface area contributed by atoms with E-state index in [2.05, 4.69) is 26.0 Å². The number of carbonyl (C=O) groups excluding carboxylic acids is 4. The molecule has 12 nitrogen and oxygen atoms in total. The molecule has 2 N–H and O–H groups in total. The lowest BCUT2D eigenvalue weighted by Crippen LogP contribution is -2.20. The molecule has 316 valence electrons. The Morgan fingerprint density at radius 2 is 0.818 bits per heavy atom. The molecule has 0 bridgehead atoms. The molecule has 0 aromatic heterocycles. The summed E-state index contributed by atoms with van der Waals surface area (Å²) < 4.78 is 20.9. The van der Waals surface area contributed by atoms with Crippen LogP contribution in [0.25, 0.3) is 0 Å². The zero-order valence-electron chi connectivity index (χ0n) is 33.9. The molecule has 0 aliphatic rings. The van der Waals surface area contributed by atoms with E-state index in [4.69, 9.17) is 29.2 Å². The Balaban J connectivity index is 3.89. The van der Waals surface area contributed by atoms with Crippen LogP contribution in [0.3, 0.4) is 0 Å². The highest BCUT2D eigenvalue weighted by molar-refractivity contribution is 5.90. The number of ether oxygens (including phenoxy) is 4. The van der Waals surface area contributed by atoms with E-state index in [0.717, 1.165) is 128 Å². The standard InChI is InChI=1S/C43H72O12/c1-3-5-7-21-27-36(54-42(50)33-38(44)45)29-23-17-13-9-11-15-19-25-31-40(48)52-35-53-41(49)32-26-20-16-12-10-14-18-24-30-37(28-22-8-6-4-2)55-43(51)34-39(46)47/h17-18,23-24,36-37H,3-16,19-22,25-35H2,1-2H3,(H,44,45)(H,46,47)/b23-17-,24-18-. The molecule has 0 rings (SSSR count). The number of hydrogen-bond acceptors (Lipinski definition) is 10. The fraction of sp³-hybridized carbons (Fsp3) is 0.767. The van der Waals surface area contributed by atoms with Crippen LogP contribution in [0.15, 0.2) is 24.3 Å². The molecule has 0 amide bonds. The Morgan fingerprint density at radius 3 is 1.20 bits per heavy atom. The third-order valence-electron chi connectivity index (χ3n) is 9.02. The molecule has 2 unspecified atom stereocenters. The first-order chi connectivity index (χ1) is 26.6. The SMILES string of the molecule is CCCCCCC(C/C=C\CCCCCCCC(=O)OCOC(=O)CCCCCCC/C=C\CC(CCCCCC)OC(=O)CC(=O)O)OC(=O)CC(=O)O. The van der Waals surface area contributed by atoms with Gasteiger partial charge < -0.3 is 29.2 Å². The number of rotatable bonds is 38. The Hall–Kier alpha value is -3.70. The van der Waals surface area contributed by atoms with E-state index in [1.807, 2.05) is 12.2 Å². The number of carbonyl (C=O) groups is 6. The number of carboxylic acids is 2. The zero-order valence-corrected chi connectivity index (χ0v) is 33.9. The van der Waals surface area contributed by atoms with Gasteiger partial charge in [-0.15, -0.1) is 0 Å². The molecule has 12 heteroatoms. The van der Waals surface area contributed by atoms with Gasteiger partial charge in [-0.1, -0.05) is 115 Å². The van der Waals surface area contributed by atoms with E-state index in [1.165, 1.54) is 0 Å². The number of allylic oxidation sites excluding steroid dienone is 2. The summed E-state index contributed by atoms with van der Waals surface area (Å²) in [5.74, 6) is -4.50. The Morgan fingerprint density at radius 1 is 0.455 bits per heavy atom. The summed E-state index contributed by atoms with van der Waals surface area (Å²) in [5.41, 5.74) is 0. The van der Waals surface area contributed by atoms with Crippen molar-refractivity contribution in [2.45, 2.75) is 206 Å². The lowest BCUT2D eigenvalue weighted by Gasteiger charge is -2.16. The minimum atomic E-state index is -1.18. The van der Waals surface area contributed by atoms with Gasteiger partial charge in [-0.05, 0) is 64.2 Å². The lowest BCUT2D eigenvalue weighted by atomic mass is 10.1. The fourth-order valence-electron chi connectivity index (χ4n) is 5.91. The van der Waals surface area contributed by atoms with Gasteiger partial charge in [0, 0.05) is 25.7 Å². The molecule has 0 heterocycles. The highest BCUT2D eigenvalue weighted by atomic mass is 16.7. The van der Waals surface area contributed by atoms with E-state index in [9.17, 15) is 28.8 Å². The molecular weight excluding hydrogens is 708 g/mol. The van der Waals surface area contributed by atoms with Gasteiger partial charge in [0.05, 0.1) is 0 Å². The van der Waals surface area contributed by atoms with E-state index < -0.39 is 36.7 Å². The molecule has 0 spiro atoms.